The van der Waals surface area contributed by atoms with Crippen molar-refractivity contribution in [2.75, 3.05) is 12.0 Å². The van der Waals surface area contributed by atoms with Gasteiger partial charge in [0.15, 0.2) is 0 Å². The second kappa shape index (κ2) is 28.2. The van der Waals surface area contributed by atoms with Crippen molar-refractivity contribution in [2.45, 2.75) is 114 Å². The Morgan fingerprint density at radius 1 is 0.561 bits per heavy atom. The van der Waals surface area contributed by atoms with Gasteiger partial charge in [0.1, 0.15) is 42.0 Å². The molecule has 0 aliphatic carbocycles. The number of primary amides is 2. The number of phenolic OH excluding ortho intramolecular Hbond substituents is 1. The summed E-state index contributed by atoms with van der Waals surface area (Å²) < 4.78 is 0. The van der Waals surface area contributed by atoms with Crippen LogP contribution < -0.4 is 49.1 Å². The number of carboxylic acids is 2. The molecule has 0 unspecified atom stereocenters. The highest BCUT2D eigenvalue weighted by Crippen LogP contribution is 2.14. The van der Waals surface area contributed by atoms with Crippen LogP contribution in [0, 0.1) is 5.92 Å². The summed E-state index contributed by atoms with van der Waals surface area (Å²) in [5.41, 5.74) is 17.5. The highest BCUT2D eigenvalue weighted by Gasteiger charge is 2.35. The zero-order valence-corrected chi connectivity index (χ0v) is 37.8. The average Bonchev–Trinajstić information content (AvgIpc) is 3.24. The fraction of sp³-hybridized carbons (Fsp3) is 0.488. The summed E-state index contributed by atoms with van der Waals surface area (Å²) in [5.74, 6) is -10.2. The molecule has 0 heterocycles. The minimum Gasteiger partial charge on any atom is -0.508 e. The highest BCUT2D eigenvalue weighted by molar-refractivity contribution is 7.98. The largest absolute Gasteiger partial charge is 0.508 e. The van der Waals surface area contributed by atoms with Gasteiger partial charge in [0.05, 0.1) is 12.5 Å². The summed E-state index contributed by atoms with van der Waals surface area (Å²) in [6, 6.07) is 3.78. The van der Waals surface area contributed by atoms with Gasteiger partial charge in [0.2, 0.25) is 47.3 Å². The number of aliphatic carboxylic acids is 2. The molecule has 0 saturated carbocycles. The van der Waals surface area contributed by atoms with Gasteiger partial charge in [0.25, 0.3) is 0 Å². The Balaban J connectivity index is 2.48. The fourth-order valence-electron chi connectivity index (χ4n) is 6.35. The van der Waals surface area contributed by atoms with Gasteiger partial charge in [-0.2, -0.15) is 11.8 Å². The number of hydrogen-bond acceptors (Lipinski definition) is 13. The molecule has 0 spiro atoms. The van der Waals surface area contributed by atoms with Crippen LogP contribution in [0.5, 0.6) is 5.75 Å². The number of carbonyl (C=O) groups is 10. The van der Waals surface area contributed by atoms with Crippen molar-refractivity contribution < 1.29 is 63.3 Å². The molecule has 0 aliphatic rings. The third-order valence-corrected chi connectivity index (χ3v) is 10.5. The number of phenols is 1. The molecule has 66 heavy (non-hydrogen) atoms. The molecule has 22 nitrogen and oxygen atoms in total. The van der Waals surface area contributed by atoms with E-state index in [0.29, 0.717) is 16.9 Å². The van der Waals surface area contributed by atoms with Crippen LogP contribution in [0.2, 0.25) is 0 Å². The van der Waals surface area contributed by atoms with E-state index in [1.807, 2.05) is 0 Å². The van der Waals surface area contributed by atoms with E-state index in [1.165, 1.54) is 36.0 Å². The minimum atomic E-state index is -1.74. The minimum absolute atomic E-state index is 0.0610. The molecule has 0 aliphatic heterocycles. The number of rotatable bonds is 30. The SMILES string of the molecule is CSCC[C@H](N)C(=O)N[C@@H](CCC(=O)O)C(=O)N[C@@H](CC(N)=O)C(=O)N[C@@H](CC(C)C)C(=O)N[C@@H](Cc1ccc(O)cc1)C(=O)N[C@@H](Cc1ccccc1)C(=O)N[C@@H](CCC(N)=O)C(=O)O. The Labute approximate surface area is 385 Å². The van der Waals surface area contributed by atoms with Gasteiger partial charge >= 0.3 is 11.9 Å². The lowest BCUT2D eigenvalue weighted by atomic mass is 9.99. The third-order valence-electron chi connectivity index (χ3n) is 9.85. The number of carbonyl (C=O) groups excluding carboxylic acids is 8. The van der Waals surface area contributed by atoms with Crippen LogP contribution in [0.15, 0.2) is 54.6 Å². The molecule has 15 N–H and O–H groups in total. The van der Waals surface area contributed by atoms with Crippen molar-refractivity contribution >= 4 is 71.0 Å². The van der Waals surface area contributed by atoms with E-state index < -0.39 is 121 Å². The lowest BCUT2D eigenvalue weighted by Crippen LogP contribution is -2.60. The van der Waals surface area contributed by atoms with Gasteiger partial charge < -0.3 is 64.4 Å². The zero-order valence-electron chi connectivity index (χ0n) is 37.0. The van der Waals surface area contributed by atoms with Gasteiger partial charge in [-0.1, -0.05) is 56.3 Å². The van der Waals surface area contributed by atoms with Gasteiger partial charge in [-0.05, 0) is 66.9 Å². The average molecular weight is 944 g/mol. The van der Waals surface area contributed by atoms with Gasteiger partial charge in [0, 0.05) is 25.7 Å². The molecule has 0 fully saturated rings. The number of aromatic hydroxyl groups is 1. The molecule has 7 atom stereocenters. The molecular weight excluding hydrogens is 883 g/mol. The molecule has 0 saturated heterocycles. The van der Waals surface area contributed by atoms with E-state index >= 15 is 0 Å². The Hall–Kier alpha value is -6.75. The molecule has 0 radical (unpaired) electrons. The second-order valence-electron chi connectivity index (χ2n) is 15.9. The topological polar surface area (TPSA) is 382 Å². The molecule has 2 rings (SSSR count). The number of carboxylic acid groups (broad SMARTS) is 2. The predicted molar refractivity (Wildman–Crippen MR) is 241 cm³/mol. The molecule has 8 amide bonds. The van der Waals surface area contributed by atoms with Gasteiger partial charge in [-0.3, -0.25) is 43.2 Å². The third kappa shape index (κ3) is 20.8. The predicted octanol–water partition coefficient (Wildman–Crippen LogP) is -1.70. The number of thioether (sulfide) groups is 1. The number of benzene rings is 2. The molecule has 362 valence electrons. The maximum absolute atomic E-state index is 14.2. The van der Waals surface area contributed by atoms with Crippen LogP contribution >= 0.6 is 11.8 Å². The van der Waals surface area contributed by atoms with E-state index in [-0.39, 0.29) is 50.2 Å². The number of amides is 8. The lowest BCUT2D eigenvalue weighted by Gasteiger charge is -2.28. The normalized spacial score (nSPS) is 14.1. The summed E-state index contributed by atoms with van der Waals surface area (Å²) >= 11 is 1.42. The van der Waals surface area contributed by atoms with Crippen LogP contribution in [0.4, 0.5) is 0 Å². The van der Waals surface area contributed by atoms with E-state index in [1.54, 1.807) is 50.4 Å². The van der Waals surface area contributed by atoms with Crippen LogP contribution in [-0.4, -0.2) is 129 Å². The maximum Gasteiger partial charge on any atom is 0.326 e. The highest BCUT2D eigenvalue weighted by atomic mass is 32.2. The van der Waals surface area contributed by atoms with Crippen LogP contribution in [-0.2, 0) is 60.8 Å². The summed E-state index contributed by atoms with van der Waals surface area (Å²) in [6.07, 6.45) is -0.896. The summed E-state index contributed by atoms with van der Waals surface area (Å²) in [7, 11) is 0. The maximum atomic E-state index is 14.2. The quantitative estimate of drug-likeness (QED) is 0.0416. The Kier molecular flexibility index (Phi) is 23.7. The van der Waals surface area contributed by atoms with Crippen molar-refractivity contribution in [3.05, 3.63) is 65.7 Å². The molecule has 2 aromatic rings. The van der Waals surface area contributed by atoms with Crippen LogP contribution in [0.1, 0.15) is 69.9 Å². The van der Waals surface area contributed by atoms with Gasteiger partial charge in [-0.25, -0.2) is 4.79 Å². The van der Waals surface area contributed by atoms with Crippen molar-refractivity contribution in [2.24, 2.45) is 23.1 Å². The van der Waals surface area contributed by atoms with Crippen molar-refractivity contribution in [1.82, 2.24) is 31.9 Å². The molecular formula is C43H61N9O13S. The summed E-state index contributed by atoms with van der Waals surface area (Å²) in [6.45, 7) is 3.44. The standard InChI is InChI=1S/C43H61N9O13S/c1-23(2)19-30(49-42(63)33(22-35(46)55)52-38(59)28(14-16-36(56)57)47-37(58)27(44)17-18-66-3)39(60)50-32(21-25-9-11-26(53)12-10-25)41(62)51-31(20-24-7-5-4-6-8-24)40(61)48-29(43(64)65)13-15-34(45)54/h4-12,23,27-33,53H,13-22,44H2,1-3H3,(H2,45,54)(H2,46,55)(H,47,58)(H,48,61)(H,49,63)(H,50,60)(H,51,62)(H,52,59)(H,56,57)(H,64,65)/t27-,28-,29-,30-,31-,32-,33-/m0/s1. The Morgan fingerprint density at radius 3 is 1.52 bits per heavy atom. The molecule has 0 aromatic heterocycles. The van der Waals surface area contributed by atoms with Crippen molar-refractivity contribution in [3.63, 3.8) is 0 Å². The van der Waals surface area contributed by atoms with Crippen molar-refractivity contribution in [3.8, 4) is 5.75 Å². The van der Waals surface area contributed by atoms with Crippen LogP contribution in [0.3, 0.4) is 0 Å². The second-order valence-corrected chi connectivity index (χ2v) is 16.9. The number of hydrogen-bond donors (Lipinski definition) is 12. The monoisotopic (exact) mass is 943 g/mol. The first-order valence-electron chi connectivity index (χ1n) is 21.0. The fourth-order valence-corrected chi connectivity index (χ4v) is 6.84. The Morgan fingerprint density at radius 2 is 1.02 bits per heavy atom. The summed E-state index contributed by atoms with van der Waals surface area (Å²) in [4.78, 5) is 129. The first kappa shape index (κ1) is 55.4. The Bertz CT molecular complexity index is 2010. The van der Waals surface area contributed by atoms with Crippen molar-refractivity contribution in [1.29, 1.82) is 0 Å². The van der Waals surface area contributed by atoms with Gasteiger partial charge in [-0.15, -0.1) is 0 Å². The number of nitrogens with one attached hydrogen (secondary N) is 6. The summed E-state index contributed by atoms with van der Waals surface area (Å²) in [5, 5.41) is 43.7. The molecule has 23 heteroatoms. The first-order chi connectivity index (χ1) is 31.1. The number of nitrogens with two attached hydrogens (primary N) is 3. The lowest BCUT2D eigenvalue weighted by molar-refractivity contribution is -0.142. The van der Waals surface area contributed by atoms with E-state index in [2.05, 4.69) is 31.9 Å². The smallest absolute Gasteiger partial charge is 0.326 e. The zero-order chi connectivity index (χ0) is 49.5. The first-order valence-corrected chi connectivity index (χ1v) is 22.4. The molecule has 2 aromatic carbocycles. The van der Waals surface area contributed by atoms with Crippen LogP contribution in [0.25, 0.3) is 0 Å². The van der Waals surface area contributed by atoms with E-state index in [0.717, 1.165) is 0 Å². The van der Waals surface area contributed by atoms with E-state index in [9.17, 15) is 63.3 Å². The molecule has 0 bridgehead atoms. The van der Waals surface area contributed by atoms with E-state index in [4.69, 9.17) is 17.2 Å².